The summed E-state index contributed by atoms with van der Waals surface area (Å²) in [5.41, 5.74) is 3.49. The van der Waals surface area contributed by atoms with Gasteiger partial charge < -0.3 is 9.47 Å². The lowest BCUT2D eigenvalue weighted by atomic mass is 10.0. The molecule has 1 unspecified atom stereocenters. The first-order chi connectivity index (χ1) is 8.85. The van der Waals surface area contributed by atoms with E-state index in [0.717, 1.165) is 5.56 Å². The molecule has 18 heavy (non-hydrogen) atoms. The Morgan fingerprint density at radius 2 is 1.44 bits per heavy atom. The summed E-state index contributed by atoms with van der Waals surface area (Å²) >= 11 is 0. The van der Waals surface area contributed by atoms with Crippen LogP contribution in [0.25, 0.3) is 0 Å². The molecule has 2 aromatic carbocycles. The van der Waals surface area contributed by atoms with Crippen LogP contribution in [0.4, 0.5) is 0 Å². The molecule has 0 aliphatic rings. The maximum atomic E-state index is 5.59. The molecule has 94 valence electrons. The van der Waals surface area contributed by atoms with Crippen molar-refractivity contribution < 1.29 is 9.47 Å². The van der Waals surface area contributed by atoms with Gasteiger partial charge in [0.2, 0.25) is 0 Å². The van der Waals surface area contributed by atoms with E-state index < -0.39 is 0 Å². The average Bonchev–Trinajstić information content (AvgIpc) is 2.43. The van der Waals surface area contributed by atoms with Crippen LogP contribution in [0.3, 0.4) is 0 Å². The predicted octanol–water partition coefficient (Wildman–Crippen LogP) is 3.57. The minimum Gasteiger partial charge on any atom is -0.380 e. The van der Waals surface area contributed by atoms with Crippen molar-refractivity contribution in [3.05, 3.63) is 71.3 Å². The molecule has 0 fully saturated rings. The Kier molecular flexibility index (Phi) is 4.51. The summed E-state index contributed by atoms with van der Waals surface area (Å²) in [7, 11) is 3.44. The molecule has 0 radical (unpaired) electrons. The predicted molar refractivity (Wildman–Crippen MR) is 72.4 cm³/mol. The van der Waals surface area contributed by atoms with Crippen LogP contribution >= 0.6 is 0 Å². The lowest BCUT2D eigenvalue weighted by Gasteiger charge is -2.16. The molecular weight excluding hydrogens is 224 g/mol. The number of ether oxygens (including phenoxy) is 2. The van der Waals surface area contributed by atoms with E-state index >= 15 is 0 Å². The highest BCUT2D eigenvalue weighted by atomic mass is 16.5. The molecule has 0 saturated carbocycles. The van der Waals surface area contributed by atoms with E-state index in [1.807, 2.05) is 18.2 Å². The fourth-order valence-electron chi connectivity index (χ4n) is 2.05. The van der Waals surface area contributed by atoms with Crippen LogP contribution in [0.15, 0.2) is 54.6 Å². The van der Waals surface area contributed by atoms with Gasteiger partial charge in [-0.1, -0.05) is 54.6 Å². The van der Waals surface area contributed by atoms with E-state index in [9.17, 15) is 0 Å². The molecule has 0 aromatic heterocycles. The lowest BCUT2D eigenvalue weighted by Crippen LogP contribution is -2.03. The zero-order chi connectivity index (χ0) is 12.8. The van der Waals surface area contributed by atoms with Crippen molar-refractivity contribution in [2.45, 2.75) is 12.7 Å². The van der Waals surface area contributed by atoms with Crippen LogP contribution in [-0.2, 0) is 16.1 Å². The van der Waals surface area contributed by atoms with Gasteiger partial charge in [0.1, 0.15) is 6.10 Å². The fraction of sp³-hybridized carbons (Fsp3) is 0.250. The molecule has 0 amide bonds. The van der Waals surface area contributed by atoms with Gasteiger partial charge in [-0.15, -0.1) is 0 Å². The molecule has 1 atom stereocenters. The molecule has 0 aliphatic carbocycles. The van der Waals surface area contributed by atoms with Crippen LogP contribution in [0, 0.1) is 0 Å². The summed E-state index contributed by atoms with van der Waals surface area (Å²) in [5, 5.41) is 0. The zero-order valence-electron chi connectivity index (χ0n) is 10.8. The highest BCUT2D eigenvalue weighted by Crippen LogP contribution is 2.25. The van der Waals surface area contributed by atoms with E-state index in [2.05, 4.69) is 36.4 Å². The van der Waals surface area contributed by atoms with Gasteiger partial charge in [0.05, 0.1) is 6.61 Å². The highest BCUT2D eigenvalue weighted by Gasteiger charge is 2.12. The van der Waals surface area contributed by atoms with Gasteiger partial charge in [0.25, 0.3) is 0 Å². The normalized spacial score (nSPS) is 12.3. The van der Waals surface area contributed by atoms with Crippen LogP contribution in [0.1, 0.15) is 22.8 Å². The molecule has 2 rings (SSSR count). The third kappa shape index (κ3) is 2.97. The maximum absolute atomic E-state index is 5.59. The molecule has 0 saturated heterocycles. The highest BCUT2D eigenvalue weighted by molar-refractivity contribution is 5.32. The second-order valence-corrected chi connectivity index (χ2v) is 4.20. The van der Waals surface area contributed by atoms with Crippen molar-refractivity contribution in [1.29, 1.82) is 0 Å². The summed E-state index contributed by atoms with van der Waals surface area (Å²) in [6, 6.07) is 18.6. The van der Waals surface area contributed by atoms with E-state index in [-0.39, 0.29) is 6.10 Å². The van der Waals surface area contributed by atoms with E-state index in [0.29, 0.717) is 6.61 Å². The van der Waals surface area contributed by atoms with Gasteiger partial charge in [-0.25, -0.2) is 0 Å². The van der Waals surface area contributed by atoms with Crippen molar-refractivity contribution in [3.63, 3.8) is 0 Å². The van der Waals surface area contributed by atoms with Crippen LogP contribution in [0.2, 0.25) is 0 Å². The molecule has 2 aromatic rings. The second kappa shape index (κ2) is 6.34. The standard InChI is InChI=1S/C16H18O2/c1-17-12-13-8-10-15(11-9-13)16(18-2)14-6-4-3-5-7-14/h3-11,16H,12H2,1-2H3. The van der Waals surface area contributed by atoms with Crippen LogP contribution in [0.5, 0.6) is 0 Å². The number of hydrogen-bond acceptors (Lipinski definition) is 2. The summed E-state index contributed by atoms with van der Waals surface area (Å²) in [6.07, 6.45) is -0.0113. The third-order valence-electron chi connectivity index (χ3n) is 2.93. The first kappa shape index (κ1) is 12.8. The number of methoxy groups -OCH3 is 2. The summed E-state index contributed by atoms with van der Waals surface area (Å²) in [4.78, 5) is 0. The van der Waals surface area contributed by atoms with Crippen LogP contribution < -0.4 is 0 Å². The van der Waals surface area contributed by atoms with E-state index in [1.165, 1.54) is 11.1 Å². The number of rotatable bonds is 5. The molecule has 2 nitrogen and oxygen atoms in total. The SMILES string of the molecule is COCc1ccc(C(OC)c2ccccc2)cc1. The molecule has 0 heterocycles. The Bertz CT molecular complexity index is 462. The van der Waals surface area contributed by atoms with Crippen molar-refractivity contribution in [2.75, 3.05) is 14.2 Å². The van der Waals surface area contributed by atoms with E-state index in [1.54, 1.807) is 14.2 Å². The quantitative estimate of drug-likeness (QED) is 0.798. The van der Waals surface area contributed by atoms with Gasteiger partial charge in [-0.2, -0.15) is 0 Å². The minimum absolute atomic E-state index is 0.0113. The van der Waals surface area contributed by atoms with Crippen molar-refractivity contribution in [1.82, 2.24) is 0 Å². The topological polar surface area (TPSA) is 18.5 Å². The first-order valence-corrected chi connectivity index (χ1v) is 6.00. The van der Waals surface area contributed by atoms with Crippen LogP contribution in [-0.4, -0.2) is 14.2 Å². The maximum Gasteiger partial charge on any atom is 0.107 e. The average molecular weight is 242 g/mol. The second-order valence-electron chi connectivity index (χ2n) is 4.20. The Hall–Kier alpha value is -1.64. The molecule has 0 aliphatic heterocycles. The summed E-state index contributed by atoms with van der Waals surface area (Å²) in [6.45, 7) is 0.642. The van der Waals surface area contributed by atoms with E-state index in [4.69, 9.17) is 9.47 Å². The largest absolute Gasteiger partial charge is 0.380 e. The van der Waals surface area contributed by atoms with Gasteiger partial charge in [0.15, 0.2) is 0 Å². The molecular formula is C16H18O2. The zero-order valence-corrected chi connectivity index (χ0v) is 10.8. The third-order valence-corrected chi connectivity index (χ3v) is 2.93. The molecule has 0 bridgehead atoms. The molecule has 0 spiro atoms. The Labute approximate surface area is 108 Å². The van der Waals surface area contributed by atoms with Crippen molar-refractivity contribution in [3.8, 4) is 0 Å². The number of hydrogen-bond donors (Lipinski definition) is 0. The smallest absolute Gasteiger partial charge is 0.107 e. The Morgan fingerprint density at radius 3 is 2.00 bits per heavy atom. The van der Waals surface area contributed by atoms with Gasteiger partial charge in [0, 0.05) is 14.2 Å². The summed E-state index contributed by atoms with van der Waals surface area (Å²) in [5.74, 6) is 0. The monoisotopic (exact) mass is 242 g/mol. The van der Waals surface area contributed by atoms with Gasteiger partial charge in [-0.05, 0) is 16.7 Å². The summed E-state index contributed by atoms with van der Waals surface area (Å²) < 4.78 is 10.7. The first-order valence-electron chi connectivity index (χ1n) is 6.00. The fourth-order valence-corrected chi connectivity index (χ4v) is 2.05. The Balaban J connectivity index is 2.23. The number of benzene rings is 2. The van der Waals surface area contributed by atoms with Gasteiger partial charge >= 0.3 is 0 Å². The lowest BCUT2D eigenvalue weighted by molar-refractivity contribution is 0.136. The molecule has 0 N–H and O–H groups in total. The van der Waals surface area contributed by atoms with Crippen molar-refractivity contribution in [2.24, 2.45) is 0 Å². The minimum atomic E-state index is -0.0113. The van der Waals surface area contributed by atoms with Crippen molar-refractivity contribution >= 4 is 0 Å². The van der Waals surface area contributed by atoms with Gasteiger partial charge in [-0.3, -0.25) is 0 Å². The molecule has 2 heteroatoms. The Morgan fingerprint density at radius 1 is 0.833 bits per heavy atom.